The third-order valence-corrected chi connectivity index (χ3v) is 1.46. The molecule has 0 bridgehead atoms. The molecule has 0 amide bonds. The molecule has 0 heterocycles. The van der Waals surface area contributed by atoms with Crippen molar-refractivity contribution >= 4 is 0 Å². The fraction of sp³-hybridized carbons (Fsp3) is 0.111. The first kappa shape index (κ1) is 7.82. The van der Waals surface area contributed by atoms with Gasteiger partial charge in [-0.1, -0.05) is 24.3 Å². The lowest BCUT2D eigenvalue weighted by Crippen LogP contribution is -1.91. The summed E-state index contributed by atoms with van der Waals surface area (Å²) in [6.45, 7) is 3.39. The quantitative estimate of drug-likeness (QED) is 0.642. The maximum Gasteiger partial charge on any atom is 0.184 e. The van der Waals surface area contributed by atoms with Crippen LogP contribution in [0.5, 0.6) is 5.75 Å². The van der Waals surface area contributed by atoms with Gasteiger partial charge in [0.15, 0.2) is 5.75 Å². The highest BCUT2D eigenvalue weighted by Crippen LogP contribution is 2.24. The van der Waals surface area contributed by atoms with Gasteiger partial charge in [0, 0.05) is 5.56 Å². The number of benzene rings is 1. The van der Waals surface area contributed by atoms with Gasteiger partial charge in [-0.2, -0.15) is 0 Å². The van der Waals surface area contributed by atoms with E-state index in [-0.39, 0.29) is 5.75 Å². The van der Waals surface area contributed by atoms with Crippen LogP contribution in [0.1, 0.15) is 11.7 Å². The Hall–Kier alpha value is -1.28. The molecule has 0 aliphatic rings. The molecule has 1 atom stereocenters. The van der Waals surface area contributed by atoms with Crippen LogP contribution < -0.4 is 0 Å². The Kier molecular flexibility index (Phi) is 2.28. The van der Waals surface area contributed by atoms with Crippen LogP contribution >= 0.6 is 0 Å². The van der Waals surface area contributed by atoms with Gasteiger partial charge in [-0.05, 0) is 6.07 Å². The van der Waals surface area contributed by atoms with Crippen molar-refractivity contribution in [2.45, 2.75) is 6.10 Å². The lowest BCUT2D eigenvalue weighted by Gasteiger charge is -2.04. The normalized spacial score (nSPS) is 12.5. The molecule has 2 heteroatoms. The van der Waals surface area contributed by atoms with E-state index in [1.807, 2.05) is 0 Å². The molecule has 0 saturated carbocycles. The van der Waals surface area contributed by atoms with Crippen LogP contribution in [0.2, 0.25) is 0 Å². The molecule has 0 aliphatic carbocycles. The van der Waals surface area contributed by atoms with Crippen molar-refractivity contribution in [3.05, 3.63) is 42.5 Å². The van der Waals surface area contributed by atoms with Crippen LogP contribution in [0.15, 0.2) is 36.9 Å². The van der Waals surface area contributed by atoms with E-state index >= 15 is 0 Å². The first-order chi connectivity index (χ1) is 5.25. The van der Waals surface area contributed by atoms with E-state index in [0.717, 1.165) is 0 Å². The number of rotatable bonds is 2. The molecule has 0 aromatic heterocycles. The molecule has 57 valence electrons. The predicted molar refractivity (Wildman–Crippen MR) is 41.7 cm³/mol. The van der Waals surface area contributed by atoms with Crippen LogP contribution in [0, 0.1) is 0 Å². The standard InChI is InChI=1S/C9H9O2/c1-2-8(10)7-5-3-4-6-9(7)11/h2-6,8,10H,1H2. The Balaban J connectivity index is 3.02. The molecule has 0 fully saturated rings. The van der Waals surface area contributed by atoms with Crippen molar-refractivity contribution < 1.29 is 10.2 Å². The van der Waals surface area contributed by atoms with E-state index in [4.69, 9.17) is 0 Å². The lowest BCUT2D eigenvalue weighted by atomic mass is 10.1. The highest BCUT2D eigenvalue weighted by Gasteiger charge is 2.07. The summed E-state index contributed by atoms with van der Waals surface area (Å²) in [4.78, 5) is 0. The summed E-state index contributed by atoms with van der Waals surface area (Å²) >= 11 is 0. The largest absolute Gasteiger partial charge is 0.384 e. The fourth-order valence-corrected chi connectivity index (χ4v) is 0.852. The first-order valence-corrected chi connectivity index (χ1v) is 3.32. The molecule has 0 aliphatic heterocycles. The van der Waals surface area contributed by atoms with Crippen LogP contribution in [-0.2, 0) is 5.11 Å². The first-order valence-electron chi connectivity index (χ1n) is 3.32. The van der Waals surface area contributed by atoms with Crippen LogP contribution in [0.25, 0.3) is 0 Å². The van der Waals surface area contributed by atoms with E-state index in [1.165, 1.54) is 12.1 Å². The minimum absolute atomic E-state index is 0.153. The summed E-state index contributed by atoms with van der Waals surface area (Å²) in [6.07, 6.45) is 0.486. The third kappa shape index (κ3) is 1.59. The van der Waals surface area contributed by atoms with E-state index in [1.54, 1.807) is 18.2 Å². The predicted octanol–water partition coefficient (Wildman–Crippen LogP) is 2.05. The third-order valence-electron chi connectivity index (χ3n) is 1.46. The van der Waals surface area contributed by atoms with Gasteiger partial charge in [0.1, 0.15) is 6.10 Å². The Morgan fingerprint density at radius 1 is 1.45 bits per heavy atom. The summed E-state index contributed by atoms with van der Waals surface area (Å²) in [5.41, 5.74) is 0.377. The van der Waals surface area contributed by atoms with Crippen molar-refractivity contribution in [3.63, 3.8) is 0 Å². The second-order valence-electron chi connectivity index (χ2n) is 2.22. The van der Waals surface area contributed by atoms with Gasteiger partial charge >= 0.3 is 0 Å². The lowest BCUT2D eigenvalue weighted by molar-refractivity contribution is 0.219. The van der Waals surface area contributed by atoms with E-state index in [2.05, 4.69) is 6.58 Å². The molecule has 1 aromatic carbocycles. The number of para-hydroxylation sites is 1. The summed E-state index contributed by atoms with van der Waals surface area (Å²) < 4.78 is 0. The number of aliphatic hydroxyl groups excluding tert-OH is 1. The van der Waals surface area contributed by atoms with Crippen molar-refractivity contribution in [2.24, 2.45) is 0 Å². The topological polar surface area (TPSA) is 40.1 Å². The molecule has 1 aromatic rings. The van der Waals surface area contributed by atoms with Crippen molar-refractivity contribution in [1.29, 1.82) is 0 Å². The maximum atomic E-state index is 11.0. The summed E-state index contributed by atoms with van der Waals surface area (Å²) in [6, 6.07) is 6.36. The van der Waals surface area contributed by atoms with Gasteiger partial charge in [-0.15, -0.1) is 6.58 Å². The molecule has 2 nitrogen and oxygen atoms in total. The Labute approximate surface area is 65.4 Å². The zero-order valence-electron chi connectivity index (χ0n) is 6.03. The van der Waals surface area contributed by atoms with E-state index in [0.29, 0.717) is 5.56 Å². The van der Waals surface area contributed by atoms with Gasteiger partial charge in [0.25, 0.3) is 0 Å². The molecule has 1 radical (unpaired) electrons. The Morgan fingerprint density at radius 2 is 2.09 bits per heavy atom. The van der Waals surface area contributed by atoms with Gasteiger partial charge in [-0.25, -0.2) is 0 Å². The summed E-state index contributed by atoms with van der Waals surface area (Å²) in [5.74, 6) is -0.153. The summed E-state index contributed by atoms with van der Waals surface area (Å²) in [7, 11) is 0. The van der Waals surface area contributed by atoms with Gasteiger partial charge < -0.3 is 5.11 Å². The smallest absolute Gasteiger partial charge is 0.184 e. The summed E-state index contributed by atoms with van der Waals surface area (Å²) in [5, 5.41) is 20.2. The van der Waals surface area contributed by atoms with Gasteiger partial charge in [0.2, 0.25) is 0 Å². The molecular weight excluding hydrogens is 140 g/mol. The molecule has 1 N–H and O–H groups in total. The minimum atomic E-state index is -0.844. The van der Waals surface area contributed by atoms with Crippen LogP contribution in [0.4, 0.5) is 0 Å². The zero-order chi connectivity index (χ0) is 8.27. The zero-order valence-corrected chi connectivity index (χ0v) is 6.03. The molecule has 0 spiro atoms. The van der Waals surface area contributed by atoms with Crippen LogP contribution in [-0.4, -0.2) is 5.11 Å². The highest BCUT2D eigenvalue weighted by atomic mass is 16.3. The monoisotopic (exact) mass is 149 g/mol. The highest BCUT2D eigenvalue weighted by molar-refractivity contribution is 5.34. The number of hydrogen-bond donors (Lipinski definition) is 1. The van der Waals surface area contributed by atoms with Crippen molar-refractivity contribution in [2.75, 3.05) is 0 Å². The molecule has 1 rings (SSSR count). The van der Waals surface area contributed by atoms with Gasteiger partial charge in [-0.3, -0.25) is 5.11 Å². The minimum Gasteiger partial charge on any atom is -0.384 e. The molecule has 11 heavy (non-hydrogen) atoms. The average Bonchev–Trinajstić information content (AvgIpc) is 2.04. The Morgan fingerprint density at radius 3 is 2.64 bits per heavy atom. The van der Waals surface area contributed by atoms with E-state index in [9.17, 15) is 10.2 Å². The Bertz CT molecular complexity index is 255. The van der Waals surface area contributed by atoms with Gasteiger partial charge in [0.05, 0.1) is 0 Å². The fourth-order valence-electron chi connectivity index (χ4n) is 0.852. The molecule has 0 saturated heterocycles. The van der Waals surface area contributed by atoms with Crippen LogP contribution in [0.3, 0.4) is 0 Å². The molecular formula is C9H9O2. The SMILES string of the molecule is C=CC(O)c1ccccc1[O]. The second kappa shape index (κ2) is 3.21. The number of hydrogen-bond acceptors (Lipinski definition) is 1. The molecule has 1 unspecified atom stereocenters. The van der Waals surface area contributed by atoms with Crippen molar-refractivity contribution in [1.82, 2.24) is 0 Å². The maximum absolute atomic E-state index is 11.0. The second-order valence-corrected chi connectivity index (χ2v) is 2.22. The number of aliphatic hydroxyl groups is 1. The average molecular weight is 149 g/mol. The van der Waals surface area contributed by atoms with E-state index < -0.39 is 6.10 Å². The van der Waals surface area contributed by atoms with Crippen molar-refractivity contribution in [3.8, 4) is 5.75 Å².